The van der Waals surface area contributed by atoms with Crippen LogP contribution in [0.1, 0.15) is 12.0 Å². The summed E-state index contributed by atoms with van der Waals surface area (Å²) < 4.78 is 5.13. The zero-order chi connectivity index (χ0) is 21.8. The van der Waals surface area contributed by atoms with Gasteiger partial charge in [0.05, 0.1) is 35.6 Å². The smallest absolute Gasteiger partial charge is 0.244 e. The molecule has 0 aromatic heterocycles. The van der Waals surface area contributed by atoms with E-state index in [2.05, 4.69) is 5.32 Å². The van der Waals surface area contributed by atoms with Crippen LogP contribution in [0.2, 0.25) is 5.02 Å². The van der Waals surface area contributed by atoms with E-state index in [0.29, 0.717) is 33.5 Å². The lowest BCUT2D eigenvalue weighted by molar-refractivity contribution is -0.120. The molecular weight excluding hydrogens is 414 g/mol. The van der Waals surface area contributed by atoms with Gasteiger partial charge < -0.3 is 15.0 Å². The van der Waals surface area contributed by atoms with Crippen molar-refractivity contribution < 1.29 is 14.3 Å². The summed E-state index contributed by atoms with van der Waals surface area (Å²) in [6, 6.07) is 21.9. The Bertz CT molecular complexity index is 1160. The first-order valence-electron chi connectivity index (χ1n) is 9.71. The summed E-state index contributed by atoms with van der Waals surface area (Å²) in [6.07, 6.45) is 0.0976. The maximum atomic E-state index is 13.1. The summed E-state index contributed by atoms with van der Waals surface area (Å²) in [5.74, 6) is -0.0232. The van der Waals surface area contributed by atoms with Crippen molar-refractivity contribution in [2.24, 2.45) is 4.99 Å². The topological polar surface area (TPSA) is 71.0 Å². The van der Waals surface area contributed by atoms with Crippen molar-refractivity contribution in [3.63, 3.8) is 0 Å². The van der Waals surface area contributed by atoms with E-state index in [1.54, 1.807) is 24.3 Å². The lowest BCUT2D eigenvalue weighted by atomic mass is 10.1. The first-order valence-corrected chi connectivity index (χ1v) is 10.1. The molecule has 1 heterocycles. The number of anilines is 2. The van der Waals surface area contributed by atoms with E-state index in [4.69, 9.17) is 21.3 Å². The predicted octanol–water partition coefficient (Wildman–Crippen LogP) is 4.84. The van der Waals surface area contributed by atoms with Crippen molar-refractivity contribution in [1.29, 1.82) is 0 Å². The molecule has 1 N–H and O–H groups in total. The summed E-state index contributed by atoms with van der Waals surface area (Å²) in [4.78, 5) is 32.1. The van der Waals surface area contributed by atoms with Crippen LogP contribution in [0.4, 0.5) is 17.1 Å². The van der Waals surface area contributed by atoms with E-state index < -0.39 is 0 Å². The Labute approximate surface area is 185 Å². The van der Waals surface area contributed by atoms with Crippen molar-refractivity contribution in [3.8, 4) is 5.75 Å². The van der Waals surface area contributed by atoms with E-state index in [9.17, 15) is 9.59 Å². The number of rotatable bonds is 5. The highest BCUT2D eigenvalue weighted by Crippen LogP contribution is 2.33. The Morgan fingerprint density at radius 1 is 1.10 bits per heavy atom. The van der Waals surface area contributed by atoms with Crippen LogP contribution in [0, 0.1) is 0 Å². The Hall–Kier alpha value is -3.64. The van der Waals surface area contributed by atoms with Gasteiger partial charge in [0.1, 0.15) is 12.3 Å². The first-order chi connectivity index (χ1) is 15.0. The molecule has 156 valence electrons. The fraction of sp³-hybridized carbons (Fsp3) is 0.125. The average Bonchev–Trinajstić information content (AvgIpc) is 2.91. The number of fused-ring (bicyclic) bond motifs is 1. The summed E-state index contributed by atoms with van der Waals surface area (Å²) in [7, 11) is 1.52. The zero-order valence-corrected chi connectivity index (χ0v) is 17.6. The summed E-state index contributed by atoms with van der Waals surface area (Å²) in [5.41, 5.74) is 3.31. The van der Waals surface area contributed by atoms with Gasteiger partial charge in [-0.05, 0) is 35.9 Å². The quantitative estimate of drug-likeness (QED) is 0.625. The number of benzene rings is 3. The van der Waals surface area contributed by atoms with Gasteiger partial charge >= 0.3 is 0 Å². The fourth-order valence-corrected chi connectivity index (χ4v) is 3.66. The van der Waals surface area contributed by atoms with Gasteiger partial charge in [-0.25, -0.2) is 0 Å². The maximum absolute atomic E-state index is 13.1. The second kappa shape index (κ2) is 9.02. The standard InChI is InChI=1S/C24H20ClN3O3/c1-31-22-12-11-17(13-18(22)25)26-23(29)15-28-21-10-6-5-9-19(21)27-20(14-24(28)30)16-7-3-2-4-8-16/h2-13H,14-15H2,1H3,(H,26,29). The van der Waals surface area contributed by atoms with E-state index in [1.807, 2.05) is 48.5 Å². The molecule has 0 bridgehead atoms. The number of amides is 2. The highest BCUT2D eigenvalue weighted by molar-refractivity contribution is 6.32. The van der Waals surface area contributed by atoms with Crippen LogP contribution in [0.5, 0.6) is 5.75 Å². The van der Waals surface area contributed by atoms with Gasteiger partial charge in [-0.3, -0.25) is 14.6 Å². The second-order valence-corrected chi connectivity index (χ2v) is 7.37. The Kier molecular flexibility index (Phi) is 6.00. The van der Waals surface area contributed by atoms with Crippen molar-refractivity contribution in [2.75, 3.05) is 23.9 Å². The lowest BCUT2D eigenvalue weighted by Gasteiger charge is -2.22. The van der Waals surface area contributed by atoms with E-state index in [1.165, 1.54) is 12.0 Å². The number of halogens is 1. The number of carbonyl (C=O) groups is 2. The maximum Gasteiger partial charge on any atom is 0.244 e. The van der Waals surface area contributed by atoms with Crippen molar-refractivity contribution >= 4 is 46.2 Å². The number of nitrogens with one attached hydrogen (secondary N) is 1. The Balaban J connectivity index is 1.57. The molecule has 0 spiro atoms. The molecule has 7 heteroatoms. The molecule has 0 saturated carbocycles. The number of nitrogens with zero attached hydrogens (tertiary/aromatic N) is 2. The van der Waals surface area contributed by atoms with Crippen LogP contribution in [-0.4, -0.2) is 31.2 Å². The minimum Gasteiger partial charge on any atom is -0.495 e. The van der Waals surface area contributed by atoms with Gasteiger partial charge in [-0.1, -0.05) is 54.1 Å². The number of para-hydroxylation sites is 2. The Morgan fingerprint density at radius 3 is 2.58 bits per heavy atom. The number of carbonyl (C=O) groups excluding carboxylic acids is 2. The van der Waals surface area contributed by atoms with Crippen LogP contribution in [-0.2, 0) is 9.59 Å². The van der Waals surface area contributed by atoms with E-state index >= 15 is 0 Å². The number of hydrogen-bond donors (Lipinski definition) is 1. The third-order valence-corrected chi connectivity index (χ3v) is 5.19. The molecule has 3 aromatic carbocycles. The third kappa shape index (κ3) is 4.59. The molecule has 0 aliphatic carbocycles. The molecule has 6 nitrogen and oxygen atoms in total. The molecule has 0 saturated heterocycles. The van der Waals surface area contributed by atoms with Gasteiger partial charge in [0.2, 0.25) is 11.8 Å². The van der Waals surface area contributed by atoms with Crippen LogP contribution >= 0.6 is 11.6 Å². The molecule has 4 rings (SSSR count). The number of aliphatic imine (C=N–C) groups is 1. The summed E-state index contributed by atoms with van der Waals surface area (Å²) in [6.45, 7) is -0.142. The molecule has 0 atom stereocenters. The molecule has 1 aliphatic rings. The van der Waals surface area contributed by atoms with Gasteiger partial charge in [0.25, 0.3) is 0 Å². The minimum absolute atomic E-state index is 0.0976. The fourth-order valence-electron chi connectivity index (χ4n) is 3.40. The van der Waals surface area contributed by atoms with Crippen molar-refractivity contribution in [3.05, 3.63) is 83.4 Å². The normalized spacial score (nSPS) is 13.2. The lowest BCUT2D eigenvalue weighted by Crippen LogP contribution is -2.38. The Morgan fingerprint density at radius 2 is 1.84 bits per heavy atom. The van der Waals surface area contributed by atoms with Crippen LogP contribution in [0.25, 0.3) is 0 Å². The van der Waals surface area contributed by atoms with Gasteiger partial charge in [-0.2, -0.15) is 0 Å². The second-order valence-electron chi connectivity index (χ2n) is 6.97. The molecule has 3 aromatic rings. The molecule has 2 amide bonds. The van der Waals surface area contributed by atoms with E-state index in [-0.39, 0.29) is 24.8 Å². The zero-order valence-electron chi connectivity index (χ0n) is 16.8. The van der Waals surface area contributed by atoms with Crippen LogP contribution in [0.15, 0.2) is 77.8 Å². The molecule has 0 fully saturated rings. The number of ether oxygens (including phenoxy) is 1. The van der Waals surface area contributed by atoms with E-state index in [0.717, 1.165) is 5.56 Å². The molecular formula is C24H20ClN3O3. The molecule has 1 aliphatic heterocycles. The average molecular weight is 434 g/mol. The summed E-state index contributed by atoms with van der Waals surface area (Å²) in [5, 5.41) is 3.17. The summed E-state index contributed by atoms with van der Waals surface area (Å²) >= 11 is 6.13. The predicted molar refractivity (Wildman–Crippen MR) is 123 cm³/mol. The number of hydrogen-bond acceptors (Lipinski definition) is 4. The third-order valence-electron chi connectivity index (χ3n) is 4.89. The van der Waals surface area contributed by atoms with Gasteiger partial charge in [0.15, 0.2) is 0 Å². The largest absolute Gasteiger partial charge is 0.495 e. The van der Waals surface area contributed by atoms with Crippen molar-refractivity contribution in [2.45, 2.75) is 6.42 Å². The molecule has 0 unspecified atom stereocenters. The van der Waals surface area contributed by atoms with Gasteiger partial charge in [0, 0.05) is 5.69 Å². The van der Waals surface area contributed by atoms with Crippen molar-refractivity contribution in [1.82, 2.24) is 0 Å². The highest BCUT2D eigenvalue weighted by atomic mass is 35.5. The van der Waals surface area contributed by atoms with Gasteiger partial charge in [-0.15, -0.1) is 0 Å². The molecule has 0 radical (unpaired) electrons. The van der Waals surface area contributed by atoms with Crippen LogP contribution in [0.3, 0.4) is 0 Å². The number of methoxy groups -OCH3 is 1. The highest BCUT2D eigenvalue weighted by Gasteiger charge is 2.26. The van der Waals surface area contributed by atoms with Crippen LogP contribution < -0.4 is 15.0 Å². The molecule has 31 heavy (non-hydrogen) atoms. The first kappa shape index (κ1) is 20.6. The minimum atomic E-state index is -0.340. The SMILES string of the molecule is COc1ccc(NC(=O)CN2C(=O)CC(c3ccccc3)=Nc3ccccc32)cc1Cl. The monoisotopic (exact) mass is 433 g/mol.